The van der Waals surface area contributed by atoms with Crippen LogP contribution in [0.3, 0.4) is 0 Å². The number of nitrogens with zero attached hydrogens (tertiary/aromatic N) is 1. The number of rotatable bonds is 4. The molecule has 1 saturated heterocycles. The Labute approximate surface area is 158 Å². The summed E-state index contributed by atoms with van der Waals surface area (Å²) in [7, 11) is 0. The van der Waals surface area contributed by atoms with E-state index >= 15 is 0 Å². The van der Waals surface area contributed by atoms with Gasteiger partial charge in [0.05, 0.1) is 18.8 Å². The van der Waals surface area contributed by atoms with Gasteiger partial charge in [-0.25, -0.2) is 4.79 Å². The first-order valence-electron chi connectivity index (χ1n) is 9.46. The van der Waals surface area contributed by atoms with Crippen LogP contribution in [0, 0.1) is 0 Å². The molecule has 1 atom stereocenters. The molecule has 0 unspecified atom stereocenters. The minimum absolute atomic E-state index is 0.195. The van der Waals surface area contributed by atoms with Gasteiger partial charge in [-0.2, -0.15) is 0 Å². The highest BCUT2D eigenvalue weighted by atomic mass is 16.5. The van der Waals surface area contributed by atoms with Crippen LogP contribution in [0.15, 0.2) is 48.5 Å². The van der Waals surface area contributed by atoms with Crippen molar-refractivity contribution in [2.24, 2.45) is 0 Å². The maximum atomic E-state index is 13.0. The zero-order valence-corrected chi connectivity index (χ0v) is 15.2. The summed E-state index contributed by atoms with van der Waals surface area (Å²) in [6, 6.07) is 14.9. The minimum Gasteiger partial charge on any atom is -0.444 e. The van der Waals surface area contributed by atoms with E-state index in [1.54, 1.807) is 11.0 Å². The number of hydrogen-bond acceptors (Lipinski definition) is 4. The molecule has 4 rings (SSSR count). The van der Waals surface area contributed by atoms with E-state index in [2.05, 4.69) is 0 Å². The smallest absolute Gasteiger partial charge is 0.339 e. The largest absolute Gasteiger partial charge is 0.444 e. The molecule has 5 nitrogen and oxygen atoms in total. The molecule has 1 amide bonds. The Morgan fingerprint density at radius 3 is 2.48 bits per heavy atom. The van der Waals surface area contributed by atoms with Crippen molar-refractivity contribution in [2.75, 3.05) is 26.3 Å². The Morgan fingerprint density at radius 2 is 1.70 bits per heavy atom. The molecule has 2 aliphatic rings. The van der Waals surface area contributed by atoms with Gasteiger partial charge in [-0.05, 0) is 42.5 Å². The van der Waals surface area contributed by atoms with Crippen LogP contribution < -0.4 is 0 Å². The number of amides is 1. The summed E-state index contributed by atoms with van der Waals surface area (Å²) < 4.78 is 11.1. The van der Waals surface area contributed by atoms with Gasteiger partial charge in [-0.15, -0.1) is 0 Å². The van der Waals surface area contributed by atoms with Crippen molar-refractivity contribution in [1.29, 1.82) is 0 Å². The Kier molecular flexibility index (Phi) is 5.21. The molecule has 0 spiro atoms. The first-order chi connectivity index (χ1) is 13.2. The predicted molar refractivity (Wildman–Crippen MR) is 100 cm³/mol. The molecular formula is C22H23NO4. The maximum Gasteiger partial charge on any atom is 0.339 e. The number of esters is 1. The highest BCUT2D eigenvalue weighted by Crippen LogP contribution is 2.26. The topological polar surface area (TPSA) is 55.8 Å². The van der Waals surface area contributed by atoms with Gasteiger partial charge in [0.1, 0.15) is 0 Å². The van der Waals surface area contributed by atoms with E-state index in [0.29, 0.717) is 37.4 Å². The van der Waals surface area contributed by atoms with Gasteiger partial charge in [-0.3, -0.25) is 4.79 Å². The van der Waals surface area contributed by atoms with Gasteiger partial charge in [-0.1, -0.05) is 36.4 Å². The standard InChI is InChI=1S/C22H23NO4/c24-21(23-11-13-26-14-12-23)20(17-5-2-1-3-6-17)27-22(25)19-10-9-16-7-4-8-18(16)15-19/h1-3,5-6,9-10,15,20H,4,7-8,11-14H2/t20-/m1/s1. The Balaban J connectivity index is 1.57. The number of ether oxygens (including phenoxy) is 2. The molecule has 0 saturated carbocycles. The average Bonchev–Trinajstić information content (AvgIpc) is 3.20. The number of aryl methyl sites for hydroxylation is 2. The molecule has 5 heteroatoms. The van der Waals surface area contributed by atoms with E-state index in [1.165, 1.54) is 11.1 Å². The number of fused-ring (bicyclic) bond motifs is 1. The third-order valence-corrected chi connectivity index (χ3v) is 5.21. The van der Waals surface area contributed by atoms with Crippen LogP contribution >= 0.6 is 0 Å². The molecule has 1 aliphatic carbocycles. The summed E-state index contributed by atoms with van der Waals surface area (Å²) >= 11 is 0. The monoisotopic (exact) mass is 365 g/mol. The normalized spacial score (nSPS) is 17.3. The molecule has 27 heavy (non-hydrogen) atoms. The number of hydrogen-bond donors (Lipinski definition) is 0. The second-order valence-corrected chi connectivity index (χ2v) is 6.97. The third-order valence-electron chi connectivity index (χ3n) is 5.21. The Morgan fingerprint density at radius 1 is 0.963 bits per heavy atom. The molecule has 0 N–H and O–H groups in total. The lowest BCUT2D eigenvalue weighted by molar-refractivity contribution is -0.145. The summed E-state index contributed by atoms with van der Waals surface area (Å²) in [4.78, 5) is 27.5. The molecule has 0 bridgehead atoms. The summed E-state index contributed by atoms with van der Waals surface area (Å²) in [5.41, 5.74) is 3.70. The van der Waals surface area contributed by atoms with Crippen molar-refractivity contribution in [3.05, 3.63) is 70.8 Å². The van der Waals surface area contributed by atoms with Crippen molar-refractivity contribution >= 4 is 11.9 Å². The van der Waals surface area contributed by atoms with Crippen LogP contribution in [0.5, 0.6) is 0 Å². The van der Waals surface area contributed by atoms with Crippen LogP contribution in [0.25, 0.3) is 0 Å². The first kappa shape index (κ1) is 17.7. The van der Waals surface area contributed by atoms with Crippen molar-refractivity contribution in [3.8, 4) is 0 Å². The van der Waals surface area contributed by atoms with Crippen LogP contribution in [-0.2, 0) is 27.1 Å². The van der Waals surface area contributed by atoms with Gasteiger partial charge in [0, 0.05) is 18.7 Å². The lowest BCUT2D eigenvalue weighted by Gasteiger charge is -2.30. The van der Waals surface area contributed by atoms with Crippen LogP contribution in [0.4, 0.5) is 0 Å². The van der Waals surface area contributed by atoms with Crippen LogP contribution in [0.1, 0.15) is 39.6 Å². The van der Waals surface area contributed by atoms with Gasteiger partial charge in [0.15, 0.2) is 0 Å². The molecule has 1 heterocycles. The molecule has 2 aromatic rings. The quantitative estimate of drug-likeness (QED) is 0.782. The Bertz CT molecular complexity index is 827. The zero-order valence-electron chi connectivity index (χ0n) is 15.2. The lowest BCUT2D eigenvalue weighted by atomic mass is 10.1. The van der Waals surface area contributed by atoms with E-state index in [-0.39, 0.29) is 5.91 Å². The van der Waals surface area contributed by atoms with Crippen LogP contribution in [-0.4, -0.2) is 43.1 Å². The fourth-order valence-electron chi connectivity index (χ4n) is 3.71. The Hall–Kier alpha value is -2.66. The SMILES string of the molecule is O=C(O[C@@H](C(=O)N1CCOCC1)c1ccccc1)c1ccc2c(c1)CCC2. The second-order valence-electron chi connectivity index (χ2n) is 6.97. The molecule has 2 aromatic carbocycles. The van der Waals surface area contributed by atoms with Gasteiger partial charge in [0.2, 0.25) is 6.10 Å². The molecule has 1 aliphatic heterocycles. The molecule has 140 valence electrons. The van der Waals surface area contributed by atoms with E-state index in [9.17, 15) is 9.59 Å². The maximum absolute atomic E-state index is 13.0. The molecule has 1 fully saturated rings. The zero-order chi connectivity index (χ0) is 18.6. The van der Waals surface area contributed by atoms with Crippen molar-refractivity contribution in [3.63, 3.8) is 0 Å². The summed E-state index contributed by atoms with van der Waals surface area (Å²) in [6.45, 7) is 2.04. The number of carbonyl (C=O) groups excluding carboxylic acids is 2. The van der Waals surface area contributed by atoms with E-state index in [0.717, 1.165) is 19.3 Å². The first-order valence-corrected chi connectivity index (χ1v) is 9.46. The van der Waals surface area contributed by atoms with E-state index < -0.39 is 12.1 Å². The fraction of sp³-hybridized carbons (Fsp3) is 0.364. The van der Waals surface area contributed by atoms with Crippen molar-refractivity contribution in [2.45, 2.75) is 25.4 Å². The molecule has 0 aromatic heterocycles. The average molecular weight is 365 g/mol. The minimum atomic E-state index is -0.940. The number of morpholine rings is 1. The summed E-state index contributed by atoms with van der Waals surface area (Å²) in [5, 5.41) is 0. The van der Waals surface area contributed by atoms with Crippen LogP contribution in [0.2, 0.25) is 0 Å². The van der Waals surface area contributed by atoms with Crippen molar-refractivity contribution < 1.29 is 19.1 Å². The van der Waals surface area contributed by atoms with Crippen molar-refractivity contribution in [1.82, 2.24) is 4.90 Å². The van der Waals surface area contributed by atoms with E-state index in [1.807, 2.05) is 42.5 Å². The third kappa shape index (κ3) is 3.88. The predicted octanol–water partition coefficient (Wildman–Crippen LogP) is 2.93. The number of carbonyl (C=O) groups is 2. The molecular weight excluding hydrogens is 342 g/mol. The second kappa shape index (κ2) is 7.92. The highest BCUT2D eigenvalue weighted by molar-refractivity contribution is 5.93. The number of benzene rings is 2. The lowest BCUT2D eigenvalue weighted by Crippen LogP contribution is -2.44. The molecule has 0 radical (unpaired) electrons. The van der Waals surface area contributed by atoms with E-state index in [4.69, 9.17) is 9.47 Å². The summed E-state index contributed by atoms with van der Waals surface area (Å²) in [6.07, 6.45) is 2.23. The van der Waals surface area contributed by atoms with Gasteiger partial charge in [0.25, 0.3) is 5.91 Å². The van der Waals surface area contributed by atoms with Gasteiger partial charge >= 0.3 is 5.97 Å². The fourth-order valence-corrected chi connectivity index (χ4v) is 3.71. The van der Waals surface area contributed by atoms with Gasteiger partial charge < -0.3 is 14.4 Å². The highest BCUT2D eigenvalue weighted by Gasteiger charge is 2.31. The summed E-state index contributed by atoms with van der Waals surface area (Å²) in [5.74, 6) is -0.654.